The summed E-state index contributed by atoms with van der Waals surface area (Å²) in [7, 11) is 1.50. The van der Waals surface area contributed by atoms with Crippen molar-refractivity contribution < 1.29 is 9.21 Å². The van der Waals surface area contributed by atoms with Gasteiger partial charge in [-0.3, -0.25) is 10.1 Å². The van der Waals surface area contributed by atoms with Crippen molar-refractivity contribution in [2.45, 2.75) is 37.8 Å². The van der Waals surface area contributed by atoms with Gasteiger partial charge in [0.15, 0.2) is 0 Å². The van der Waals surface area contributed by atoms with Crippen LogP contribution in [-0.2, 0) is 11.3 Å². The zero-order chi connectivity index (χ0) is 13.0. The minimum atomic E-state index is -0.115. The number of aromatic nitrogens is 2. The predicted molar refractivity (Wildman–Crippen MR) is 64.6 cm³/mol. The molecule has 1 aliphatic carbocycles. The average Bonchev–Trinajstić information content (AvgIpc) is 3.01. The van der Waals surface area contributed by atoms with Gasteiger partial charge in [0.05, 0.1) is 12.6 Å². The fourth-order valence-corrected chi connectivity index (χ4v) is 1.83. The number of nitrogens with two attached hydrogens (primary N) is 1. The van der Waals surface area contributed by atoms with E-state index in [0.29, 0.717) is 18.4 Å². The molecule has 18 heavy (non-hydrogen) atoms. The van der Waals surface area contributed by atoms with E-state index in [9.17, 15) is 4.79 Å². The van der Waals surface area contributed by atoms with Crippen LogP contribution in [0.4, 0.5) is 0 Å². The lowest BCUT2D eigenvalue weighted by atomic mass is 10.2. The number of carbonyl (C=O) groups excluding carboxylic acids is 1. The number of carbonyl (C=O) groups is 1. The molecule has 2 heterocycles. The van der Waals surface area contributed by atoms with Crippen LogP contribution in [0.3, 0.4) is 0 Å². The Hall–Kier alpha value is -1.47. The van der Waals surface area contributed by atoms with Crippen LogP contribution in [-0.4, -0.2) is 35.7 Å². The van der Waals surface area contributed by atoms with E-state index >= 15 is 0 Å². The summed E-state index contributed by atoms with van der Waals surface area (Å²) in [5.41, 5.74) is 4.50. The third-order valence-electron chi connectivity index (χ3n) is 2.96. The predicted octanol–water partition coefficient (Wildman–Crippen LogP) is -0.500. The van der Waals surface area contributed by atoms with Crippen LogP contribution < -0.4 is 16.4 Å². The summed E-state index contributed by atoms with van der Waals surface area (Å²) >= 11 is 0. The van der Waals surface area contributed by atoms with E-state index < -0.39 is 0 Å². The van der Waals surface area contributed by atoms with E-state index in [0.717, 1.165) is 31.7 Å². The molecule has 0 spiro atoms. The molecule has 1 aliphatic heterocycles. The molecule has 2 fully saturated rings. The van der Waals surface area contributed by atoms with Crippen molar-refractivity contribution in [1.29, 1.82) is 0 Å². The average molecular weight is 253 g/mol. The van der Waals surface area contributed by atoms with Crippen LogP contribution in [0, 0.1) is 0 Å². The first kappa shape index (κ1) is 13.0. The van der Waals surface area contributed by atoms with Crippen molar-refractivity contribution in [2.24, 2.45) is 5.73 Å². The smallest absolute Gasteiger partial charge is 0.237 e. The van der Waals surface area contributed by atoms with Gasteiger partial charge in [-0.2, -0.15) is 0 Å². The summed E-state index contributed by atoms with van der Waals surface area (Å²) in [5, 5.41) is 13.8. The number of rotatable bonds is 4. The van der Waals surface area contributed by atoms with Gasteiger partial charge >= 0.3 is 0 Å². The topological polar surface area (TPSA) is 106 Å². The molecule has 0 bridgehead atoms. The summed E-state index contributed by atoms with van der Waals surface area (Å²) in [5.74, 6) is 1.85. The fourth-order valence-electron chi connectivity index (χ4n) is 1.83. The standard InChI is InChI=1S/C10H14N4O2.CH5N/c15-9-7(3-4-11-9)12-5-8-13-14-10(16-8)6-1-2-6;1-2/h6-7,12H,1-5H2,(H,11,15);2H2,1H3. The molecule has 1 unspecified atom stereocenters. The molecule has 7 nitrogen and oxygen atoms in total. The summed E-state index contributed by atoms with van der Waals surface area (Å²) in [6.07, 6.45) is 3.13. The zero-order valence-corrected chi connectivity index (χ0v) is 10.5. The zero-order valence-electron chi connectivity index (χ0n) is 10.5. The summed E-state index contributed by atoms with van der Waals surface area (Å²) in [6, 6.07) is -0.115. The van der Waals surface area contributed by atoms with Crippen molar-refractivity contribution in [3.63, 3.8) is 0 Å². The van der Waals surface area contributed by atoms with E-state index in [1.165, 1.54) is 7.05 Å². The van der Waals surface area contributed by atoms with Crippen LogP contribution in [0.25, 0.3) is 0 Å². The Morgan fingerprint density at radius 3 is 2.78 bits per heavy atom. The molecule has 0 radical (unpaired) electrons. The molecule has 2 aliphatic rings. The van der Waals surface area contributed by atoms with Gasteiger partial charge in [0.2, 0.25) is 17.7 Å². The Morgan fingerprint density at radius 2 is 2.17 bits per heavy atom. The lowest BCUT2D eigenvalue weighted by Gasteiger charge is -2.06. The second kappa shape index (κ2) is 5.92. The van der Waals surface area contributed by atoms with Crippen molar-refractivity contribution in [1.82, 2.24) is 20.8 Å². The number of hydrogen-bond acceptors (Lipinski definition) is 6. The van der Waals surface area contributed by atoms with Crippen LogP contribution >= 0.6 is 0 Å². The van der Waals surface area contributed by atoms with E-state index in [4.69, 9.17) is 4.42 Å². The normalized spacial score (nSPS) is 22.3. The van der Waals surface area contributed by atoms with Crippen LogP contribution in [0.1, 0.15) is 37.0 Å². The molecule has 1 aromatic rings. The number of amides is 1. The third kappa shape index (κ3) is 3.05. The second-order valence-corrected chi connectivity index (χ2v) is 4.32. The first-order valence-corrected chi connectivity index (χ1v) is 6.24. The van der Waals surface area contributed by atoms with Crippen molar-refractivity contribution in [3.05, 3.63) is 11.8 Å². The molecule has 1 amide bonds. The first-order chi connectivity index (χ1) is 8.83. The molecular weight excluding hydrogens is 234 g/mol. The highest BCUT2D eigenvalue weighted by Crippen LogP contribution is 2.38. The van der Waals surface area contributed by atoms with Crippen LogP contribution in [0.15, 0.2) is 4.42 Å². The Balaban J connectivity index is 0.000000574. The SMILES string of the molecule is CN.O=C1NCCC1NCc1nnc(C2CC2)o1. The summed E-state index contributed by atoms with van der Waals surface area (Å²) in [6.45, 7) is 1.21. The van der Waals surface area contributed by atoms with Crippen molar-refractivity contribution in [2.75, 3.05) is 13.6 Å². The summed E-state index contributed by atoms with van der Waals surface area (Å²) in [4.78, 5) is 11.3. The molecule has 7 heteroatoms. The Bertz CT molecular complexity index is 402. The Labute approximate surface area is 106 Å². The molecule has 100 valence electrons. The van der Waals surface area contributed by atoms with Gasteiger partial charge in [0.25, 0.3) is 0 Å². The number of nitrogens with one attached hydrogen (secondary N) is 2. The Morgan fingerprint density at radius 1 is 1.39 bits per heavy atom. The van der Waals surface area contributed by atoms with Gasteiger partial charge in [-0.05, 0) is 26.3 Å². The third-order valence-corrected chi connectivity index (χ3v) is 2.96. The van der Waals surface area contributed by atoms with Crippen molar-refractivity contribution in [3.8, 4) is 0 Å². The maximum absolute atomic E-state index is 11.3. The molecular formula is C11H19N5O2. The van der Waals surface area contributed by atoms with E-state index in [1.807, 2.05) is 0 Å². The van der Waals surface area contributed by atoms with Gasteiger partial charge in [-0.1, -0.05) is 0 Å². The fraction of sp³-hybridized carbons (Fsp3) is 0.727. The van der Waals surface area contributed by atoms with E-state index in [1.54, 1.807) is 0 Å². The molecule has 3 rings (SSSR count). The monoisotopic (exact) mass is 253 g/mol. The van der Waals surface area contributed by atoms with Gasteiger partial charge < -0.3 is 15.5 Å². The summed E-state index contributed by atoms with van der Waals surface area (Å²) < 4.78 is 5.49. The van der Waals surface area contributed by atoms with Gasteiger partial charge in [-0.15, -0.1) is 10.2 Å². The van der Waals surface area contributed by atoms with Gasteiger partial charge in [0.1, 0.15) is 0 Å². The molecule has 1 saturated carbocycles. The largest absolute Gasteiger partial charge is 0.424 e. The molecule has 1 saturated heterocycles. The van der Waals surface area contributed by atoms with Crippen LogP contribution in [0.5, 0.6) is 0 Å². The molecule has 4 N–H and O–H groups in total. The highest BCUT2D eigenvalue weighted by molar-refractivity contribution is 5.83. The maximum atomic E-state index is 11.3. The lowest BCUT2D eigenvalue weighted by molar-refractivity contribution is -0.120. The second-order valence-electron chi connectivity index (χ2n) is 4.32. The van der Waals surface area contributed by atoms with Crippen molar-refractivity contribution >= 4 is 5.91 Å². The molecule has 1 atom stereocenters. The molecule has 1 aromatic heterocycles. The maximum Gasteiger partial charge on any atom is 0.237 e. The quantitative estimate of drug-likeness (QED) is 0.668. The van der Waals surface area contributed by atoms with Gasteiger partial charge in [-0.25, -0.2) is 0 Å². The van der Waals surface area contributed by atoms with Crippen LogP contribution in [0.2, 0.25) is 0 Å². The first-order valence-electron chi connectivity index (χ1n) is 6.24. The Kier molecular flexibility index (Phi) is 4.27. The minimum Gasteiger partial charge on any atom is -0.424 e. The number of hydrogen-bond donors (Lipinski definition) is 3. The number of nitrogens with zero attached hydrogens (tertiary/aromatic N) is 2. The van der Waals surface area contributed by atoms with E-state index in [-0.39, 0.29) is 11.9 Å². The van der Waals surface area contributed by atoms with E-state index in [2.05, 4.69) is 26.6 Å². The van der Waals surface area contributed by atoms with Gasteiger partial charge in [0, 0.05) is 12.5 Å². The minimum absolute atomic E-state index is 0.0573. The lowest BCUT2D eigenvalue weighted by Crippen LogP contribution is -2.35. The highest BCUT2D eigenvalue weighted by Gasteiger charge is 2.29. The highest BCUT2D eigenvalue weighted by atomic mass is 16.4. The molecule has 0 aromatic carbocycles.